The topological polar surface area (TPSA) is 67.3 Å². The van der Waals surface area contributed by atoms with E-state index >= 15 is 0 Å². The molecule has 2 heterocycles. The summed E-state index contributed by atoms with van der Waals surface area (Å²) in [5, 5.41) is 10.7. The maximum atomic E-state index is 12.2. The number of hydrogen-bond donors (Lipinski definition) is 1. The number of ether oxygens (including phenoxy) is 1. The van der Waals surface area contributed by atoms with Gasteiger partial charge in [0, 0.05) is 12.2 Å². The molecule has 110 valence electrons. The highest BCUT2D eigenvalue weighted by atomic mass is 32.1. The van der Waals surface area contributed by atoms with E-state index in [0.29, 0.717) is 18.3 Å². The molecule has 21 heavy (non-hydrogen) atoms. The van der Waals surface area contributed by atoms with E-state index in [1.165, 1.54) is 16.9 Å². The number of rotatable bonds is 3. The lowest BCUT2D eigenvalue weighted by Crippen LogP contribution is -2.48. The maximum Gasteiger partial charge on any atom is 0.257 e. The number of carbonyl (C=O) groups excluding carboxylic acids is 1. The van der Waals surface area contributed by atoms with Crippen LogP contribution in [-0.4, -0.2) is 41.9 Å². The third-order valence-corrected chi connectivity index (χ3v) is 3.92. The number of aromatic nitrogens is 2. The molecule has 1 aliphatic heterocycles. The van der Waals surface area contributed by atoms with Crippen molar-refractivity contribution < 1.29 is 9.53 Å². The monoisotopic (exact) mass is 304 g/mol. The highest BCUT2D eigenvalue weighted by Crippen LogP contribution is 2.20. The molecule has 0 spiro atoms. The molecule has 0 aliphatic carbocycles. The van der Waals surface area contributed by atoms with Crippen molar-refractivity contribution in [3.63, 3.8) is 0 Å². The number of amides is 1. The molecule has 0 bridgehead atoms. The Hall–Kier alpha value is -1.99. The third kappa shape index (κ3) is 3.37. The molecule has 1 saturated heterocycles. The summed E-state index contributed by atoms with van der Waals surface area (Å²) in [6.07, 6.45) is -0.497. The fourth-order valence-corrected chi connectivity index (χ4v) is 2.73. The first kappa shape index (κ1) is 14.0. The van der Waals surface area contributed by atoms with Gasteiger partial charge in [0.2, 0.25) is 5.13 Å². The average molecular weight is 304 g/mol. The minimum absolute atomic E-state index is 0.177. The van der Waals surface area contributed by atoms with Crippen LogP contribution in [-0.2, 0) is 9.53 Å². The van der Waals surface area contributed by atoms with Gasteiger partial charge in [0.15, 0.2) is 6.10 Å². The summed E-state index contributed by atoms with van der Waals surface area (Å²) in [4.78, 5) is 14.4. The summed E-state index contributed by atoms with van der Waals surface area (Å²) in [7, 11) is 0. The van der Waals surface area contributed by atoms with Crippen LogP contribution in [0.4, 0.5) is 10.8 Å². The van der Waals surface area contributed by atoms with Crippen LogP contribution in [0.25, 0.3) is 0 Å². The van der Waals surface area contributed by atoms with Crippen molar-refractivity contribution in [2.75, 3.05) is 29.9 Å². The smallest absolute Gasteiger partial charge is 0.257 e. The molecule has 1 aliphatic rings. The molecule has 3 rings (SSSR count). The number of aryl methyl sites for hydroxylation is 1. The second-order valence-corrected chi connectivity index (χ2v) is 5.71. The summed E-state index contributed by atoms with van der Waals surface area (Å²) in [6, 6.07) is 8.25. The Bertz CT molecular complexity index is 617. The fourth-order valence-electron chi connectivity index (χ4n) is 2.28. The van der Waals surface area contributed by atoms with Gasteiger partial charge in [-0.15, -0.1) is 10.2 Å². The first-order valence-corrected chi connectivity index (χ1v) is 7.60. The van der Waals surface area contributed by atoms with Crippen molar-refractivity contribution in [3.8, 4) is 0 Å². The average Bonchev–Trinajstić information content (AvgIpc) is 3.00. The summed E-state index contributed by atoms with van der Waals surface area (Å²) in [5.74, 6) is -0.177. The Labute approximate surface area is 126 Å². The Morgan fingerprint density at radius 2 is 2.43 bits per heavy atom. The Morgan fingerprint density at radius 1 is 1.52 bits per heavy atom. The number of hydrogen-bond acceptors (Lipinski definition) is 6. The van der Waals surface area contributed by atoms with E-state index in [1.54, 1.807) is 5.51 Å². The van der Waals surface area contributed by atoms with Gasteiger partial charge in [-0.3, -0.25) is 10.1 Å². The van der Waals surface area contributed by atoms with Gasteiger partial charge in [0.1, 0.15) is 5.51 Å². The zero-order valence-electron chi connectivity index (χ0n) is 11.7. The summed E-state index contributed by atoms with van der Waals surface area (Å²) in [6.45, 7) is 3.91. The van der Waals surface area contributed by atoms with Crippen molar-refractivity contribution in [2.24, 2.45) is 0 Å². The van der Waals surface area contributed by atoms with Gasteiger partial charge in [-0.1, -0.05) is 23.5 Å². The van der Waals surface area contributed by atoms with Crippen LogP contribution in [0.5, 0.6) is 0 Å². The molecule has 1 amide bonds. The molecule has 0 unspecified atom stereocenters. The van der Waals surface area contributed by atoms with Crippen molar-refractivity contribution in [2.45, 2.75) is 13.0 Å². The van der Waals surface area contributed by atoms with Crippen molar-refractivity contribution in [1.29, 1.82) is 0 Å². The van der Waals surface area contributed by atoms with Crippen LogP contribution >= 0.6 is 11.3 Å². The molecule has 1 aromatic carbocycles. The fraction of sp³-hybridized carbons (Fsp3) is 0.357. The maximum absolute atomic E-state index is 12.2. The molecule has 7 heteroatoms. The number of nitrogens with zero attached hydrogens (tertiary/aromatic N) is 3. The second-order valence-electron chi connectivity index (χ2n) is 4.88. The SMILES string of the molecule is Cc1cccc(N2CCO[C@@H](C(=O)Nc3nncs3)C2)c1. The van der Waals surface area contributed by atoms with Crippen LogP contribution in [0, 0.1) is 6.92 Å². The van der Waals surface area contributed by atoms with Crippen molar-refractivity contribution in [1.82, 2.24) is 10.2 Å². The lowest BCUT2D eigenvalue weighted by molar-refractivity contribution is -0.128. The molecule has 1 aromatic heterocycles. The molecule has 0 saturated carbocycles. The molecular formula is C14H16N4O2S. The summed E-state index contributed by atoms with van der Waals surface area (Å²) in [5.41, 5.74) is 3.90. The number of anilines is 2. The normalized spacial score (nSPS) is 18.5. The minimum Gasteiger partial charge on any atom is -0.366 e. The van der Waals surface area contributed by atoms with Gasteiger partial charge in [0.25, 0.3) is 5.91 Å². The molecule has 1 N–H and O–H groups in total. The van der Waals surface area contributed by atoms with E-state index < -0.39 is 6.10 Å². The van der Waals surface area contributed by atoms with Gasteiger partial charge in [-0.25, -0.2) is 0 Å². The Balaban J connectivity index is 1.66. The van der Waals surface area contributed by atoms with E-state index in [0.717, 1.165) is 12.2 Å². The molecule has 0 radical (unpaired) electrons. The van der Waals surface area contributed by atoms with Gasteiger partial charge in [0.05, 0.1) is 13.2 Å². The number of morpholine rings is 1. The van der Waals surface area contributed by atoms with Gasteiger partial charge in [-0.05, 0) is 24.6 Å². The second kappa shape index (κ2) is 6.19. The van der Waals surface area contributed by atoms with Crippen LogP contribution in [0.2, 0.25) is 0 Å². The lowest BCUT2D eigenvalue weighted by Gasteiger charge is -2.33. The number of nitrogens with one attached hydrogen (secondary N) is 1. The zero-order valence-corrected chi connectivity index (χ0v) is 12.5. The standard InChI is InChI=1S/C14H16N4O2S/c1-10-3-2-4-11(7-10)18-5-6-20-12(8-18)13(19)16-14-17-15-9-21-14/h2-4,7,9,12H,5-6,8H2,1H3,(H,16,17,19)/t12-/m1/s1. The summed E-state index contributed by atoms with van der Waals surface area (Å²) < 4.78 is 5.57. The number of benzene rings is 1. The molecule has 1 atom stereocenters. The van der Waals surface area contributed by atoms with Crippen molar-refractivity contribution >= 4 is 28.1 Å². The predicted octanol–water partition coefficient (Wildman–Crippen LogP) is 1.69. The largest absolute Gasteiger partial charge is 0.366 e. The summed E-state index contributed by atoms with van der Waals surface area (Å²) >= 11 is 1.29. The van der Waals surface area contributed by atoms with Gasteiger partial charge >= 0.3 is 0 Å². The highest BCUT2D eigenvalue weighted by molar-refractivity contribution is 7.13. The predicted molar refractivity (Wildman–Crippen MR) is 81.7 cm³/mol. The van der Waals surface area contributed by atoms with E-state index in [2.05, 4.69) is 45.5 Å². The minimum atomic E-state index is -0.497. The molecule has 1 fully saturated rings. The number of carbonyl (C=O) groups is 1. The van der Waals surface area contributed by atoms with Crippen LogP contribution in [0.15, 0.2) is 29.8 Å². The van der Waals surface area contributed by atoms with E-state index in [9.17, 15) is 4.79 Å². The van der Waals surface area contributed by atoms with E-state index in [1.807, 2.05) is 6.07 Å². The van der Waals surface area contributed by atoms with Gasteiger partial charge in [-0.2, -0.15) is 0 Å². The van der Waals surface area contributed by atoms with Crippen LogP contribution in [0.3, 0.4) is 0 Å². The third-order valence-electron chi connectivity index (χ3n) is 3.32. The van der Waals surface area contributed by atoms with Gasteiger partial charge < -0.3 is 9.64 Å². The van der Waals surface area contributed by atoms with Crippen LogP contribution < -0.4 is 10.2 Å². The quantitative estimate of drug-likeness (QED) is 0.934. The van der Waals surface area contributed by atoms with Crippen molar-refractivity contribution in [3.05, 3.63) is 35.3 Å². The van der Waals surface area contributed by atoms with E-state index in [-0.39, 0.29) is 5.91 Å². The Morgan fingerprint density at radius 3 is 3.19 bits per heavy atom. The van der Waals surface area contributed by atoms with E-state index in [4.69, 9.17) is 4.74 Å². The highest BCUT2D eigenvalue weighted by Gasteiger charge is 2.27. The first-order chi connectivity index (χ1) is 10.2. The Kier molecular flexibility index (Phi) is 4.12. The first-order valence-electron chi connectivity index (χ1n) is 6.72. The molecule has 2 aromatic rings. The van der Waals surface area contributed by atoms with Crippen LogP contribution in [0.1, 0.15) is 5.56 Å². The molecular weight excluding hydrogens is 288 g/mol. The lowest BCUT2D eigenvalue weighted by atomic mass is 10.1. The zero-order chi connectivity index (χ0) is 14.7. The molecule has 6 nitrogen and oxygen atoms in total.